The summed E-state index contributed by atoms with van der Waals surface area (Å²) in [5.41, 5.74) is 6.45. The van der Waals surface area contributed by atoms with Crippen LogP contribution in [0.2, 0.25) is 0 Å². The van der Waals surface area contributed by atoms with Crippen LogP contribution < -0.4 is 0 Å². The van der Waals surface area contributed by atoms with Crippen molar-refractivity contribution < 1.29 is 26.2 Å². The van der Waals surface area contributed by atoms with Crippen molar-refractivity contribution in [1.82, 2.24) is 0 Å². The van der Waals surface area contributed by atoms with Gasteiger partial charge in [-0.15, -0.1) is 0 Å². The Balaban J connectivity index is 0.00000256. The molecule has 0 saturated carbocycles. The molecule has 0 saturated heterocycles. The van der Waals surface area contributed by atoms with E-state index >= 15 is 0 Å². The molecule has 0 bridgehead atoms. The van der Waals surface area contributed by atoms with Gasteiger partial charge in [0.05, 0.1) is 0 Å². The Hall–Kier alpha value is 0.363. The molecule has 0 spiro atoms. The maximum atomic E-state index is 2.33. The van der Waals surface area contributed by atoms with Gasteiger partial charge in [-0.25, -0.2) is 0 Å². The minimum Gasteiger partial charge on any atom is -0.0654 e. The summed E-state index contributed by atoms with van der Waals surface area (Å²) in [5.74, 6) is 1.57. The summed E-state index contributed by atoms with van der Waals surface area (Å²) in [6, 6.07) is 0. The zero-order valence-electron chi connectivity index (χ0n) is 12.2. The van der Waals surface area contributed by atoms with Gasteiger partial charge in [-0.2, -0.15) is 0 Å². The molecule has 0 aliphatic heterocycles. The third-order valence-corrected chi connectivity index (χ3v) is 3.93. The summed E-state index contributed by atoms with van der Waals surface area (Å²) < 4.78 is 0. The fraction of sp³-hybridized carbons (Fsp3) is 0.688. The molecule has 1 aliphatic rings. The van der Waals surface area contributed by atoms with Crippen LogP contribution in [0.25, 0.3) is 0 Å². The molecule has 0 aromatic carbocycles. The van der Waals surface area contributed by atoms with E-state index in [1.54, 1.807) is 28.2 Å². The van der Waals surface area contributed by atoms with E-state index in [9.17, 15) is 0 Å². The Morgan fingerprint density at radius 2 is 1.18 bits per heavy atom. The Morgan fingerprint density at radius 3 is 1.65 bits per heavy atom. The van der Waals surface area contributed by atoms with Gasteiger partial charge in [0.2, 0.25) is 0 Å². The maximum absolute atomic E-state index is 2.33. The predicted molar refractivity (Wildman–Crippen MR) is 73.4 cm³/mol. The Labute approximate surface area is 127 Å². The summed E-state index contributed by atoms with van der Waals surface area (Å²) in [4.78, 5) is 0. The predicted octanol–water partition coefficient (Wildman–Crippen LogP) is 5.61. The minimum absolute atomic E-state index is 0. The topological polar surface area (TPSA) is 0 Å². The number of hydrogen-bond donors (Lipinski definition) is 0. The molecular weight excluding hydrogens is 283 g/mol. The molecular formula is C16H27Zr. The van der Waals surface area contributed by atoms with Crippen molar-refractivity contribution in [3.63, 3.8) is 0 Å². The van der Waals surface area contributed by atoms with Crippen LogP contribution in [0.5, 0.6) is 0 Å². The van der Waals surface area contributed by atoms with Crippen LogP contribution in [-0.4, -0.2) is 0 Å². The molecule has 1 aliphatic carbocycles. The van der Waals surface area contributed by atoms with Crippen molar-refractivity contribution in [1.29, 1.82) is 0 Å². The first-order valence-electron chi connectivity index (χ1n) is 6.87. The Kier molecular flexibility index (Phi) is 8.64. The zero-order chi connectivity index (χ0) is 12.1. The Bertz CT molecular complexity index is 297. The van der Waals surface area contributed by atoms with Crippen molar-refractivity contribution in [2.45, 2.75) is 73.1 Å². The van der Waals surface area contributed by atoms with E-state index in [-0.39, 0.29) is 26.2 Å². The zero-order valence-corrected chi connectivity index (χ0v) is 14.7. The molecule has 0 N–H and O–H groups in total. The van der Waals surface area contributed by atoms with Crippen LogP contribution in [0.15, 0.2) is 22.3 Å². The second kappa shape index (κ2) is 8.46. The third-order valence-electron chi connectivity index (χ3n) is 3.93. The van der Waals surface area contributed by atoms with Crippen LogP contribution in [0.1, 0.15) is 73.1 Å². The van der Waals surface area contributed by atoms with Crippen molar-refractivity contribution in [3.8, 4) is 0 Å². The van der Waals surface area contributed by atoms with Crippen molar-refractivity contribution in [2.24, 2.45) is 0 Å². The molecule has 95 valence electrons. The molecule has 0 aromatic heterocycles. The maximum Gasteiger partial charge on any atom is 0.0229 e. The number of unbranched alkanes of at least 4 members (excludes halogenated alkanes) is 2. The van der Waals surface area contributed by atoms with Crippen LogP contribution >= 0.6 is 0 Å². The summed E-state index contributed by atoms with van der Waals surface area (Å²) in [7, 11) is 0. The largest absolute Gasteiger partial charge is 0.0654 e. The molecule has 0 amide bonds. The molecule has 0 fully saturated rings. The van der Waals surface area contributed by atoms with Crippen molar-refractivity contribution in [3.05, 3.63) is 28.2 Å². The SMILES string of the molecule is CCCCC1=C(C)C(CCCC)=C(C)[C]1C.[Zr]. The van der Waals surface area contributed by atoms with Gasteiger partial charge in [-0.05, 0) is 50.7 Å². The average Bonchev–Trinajstić information content (AvgIpc) is 2.47. The smallest absolute Gasteiger partial charge is 0.0229 e. The molecule has 0 nitrogen and oxygen atoms in total. The second-order valence-electron chi connectivity index (χ2n) is 5.04. The van der Waals surface area contributed by atoms with Gasteiger partial charge in [0.15, 0.2) is 0 Å². The van der Waals surface area contributed by atoms with Gasteiger partial charge in [0, 0.05) is 32.1 Å². The van der Waals surface area contributed by atoms with E-state index in [0.717, 1.165) is 0 Å². The first kappa shape index (κ1) is 17.4. The van der Waals surface area contributed by atoms with Crippen LogP contribution in [0, 0.1) is 5.92 Å². The van der Waals surface area contributed by atoms with Gasteiger partial charge < -0.3 is 0 Å². The van der Waals surface area contributed by atoms with E-state index in [1.807, 2.05) is 0 Å². The molecule has 17 heavy (non-hydrogen) atoms. The first-order valence-corrected chi connectivity index (χ1v) is 6.87. The third kappa shape index (κ3) is 4.20. The molecule has 0 aromatic rings. The number of hydrogen-bond acceptors (Lipinski definition) is 0. The molecule has 1 heteroatoms. The molecule has 0 atom stereocenters. The van der Waals surface area contributed by atoms with Gasteiger partial charge in [-0.1, -0.05) is 44.8 Å². The number of allylic oxidation sites excluding steroid dienone is 4. The Morgan fingerprint density at radius 1 is 0.706 bits per heavy atom. The van der Waals surface area contributed by atoms with E-state index < -0.39 is 0 Å². The summed E-state index contributed by atoms with van der Waals surface area (Å²) in [5, 5.41) is 0. The minimum atomic E-state index is 0. The first-order chi connectivity index (χ1) is 7.63. The molecule has 0 heterocycles. The van der Waals surface area contributed by atoms with Crippen molar-refractivity contribution in [2.75, 3.05) is 0 Å². The van der Waals surface area contributed by atoms with E-state index in [1.165, 1.54) is 38.5 Å². The summed E-state index contributed by atoms with van der Waals surface area (Å²) >= 11 is 0. The van der Waals surface area contributed by atoms with Gasteiger partial charge in [0.25, 0.3) is 0 Å². The van der Waals surface area contributed by atoms with E-state index in [4.69, 9.17) is 0 Å². The average molecular weight is 311 g/mol. The summed E-state index contributed by atoms with van der Waals surface area (Å²) in [6.45, 7) is 11.5. The van der Waals surface area contributed by atoms with E-state index in [0.29, 0.717) is 0 Å². The van der Waals surface area contributed by atoms with Crippen molar-refractivity contribution >= 4 is 0 Å². The van der Waals surface area contributed by atoms with Gasteiger partial charge in [-0.3, -0.25) is 0 Å². The second-order valence-corrected chi connectivity index (χ2v) is 5.04. The van der Waals surface area contributed by atoms with Crippen LogP contribution in [0.3, 0.4) is 0 Å². The fourth-order valence-electron chi connectivity index (χ4n) is 2.65. The monoisotopic (exact) mass is 309 g/mol. The standard InChI is InChI=1S/C16H27.Zr/c1-6-8-10-15-12(3)13(4)16(14(15)5)11-9-7-2;/h6-11H2,1-5H3;. The van der Waals surface area contributed by atoms with Crippen LogP contribution in [-0.2, 0) is 26.2 Å². The molecule has 1 radical (unpaired) electrons. The molecule has 0 unspecified atom stereocenters. The van der Waals surface area contributed by atoms with E-state index in [2.05, 4.69) is 34.6 Å². The van der Waals surface area contributed by atoms with Gasteiger partial charge in [0.1, 0.15) is 0 Å². The van der Waals surface area contributed by atoms with Gasteiger partial charge >= 0.3 is 0 Å². The normalized spacial score (nSPS) is 16.8. The summed E-state index contributed by atoms with van der Waals surface area (Å²) in [6.07, 6.45) is 7.82. The number of rotatable bonds is 6. The molecule has 1 rings (SSSR count). The quantitative estimate of drug-likeness (QED) is 0.598. The van der Waals surface area contributed by atoms with Crippen LogP contribution in [0.4, 0.5) is 0 Å². The fourth-order valence-corrected chi connectivity index (χ4v) is 2.65.